The van der Waals surface area contributed by atoms with Crippen LogP contribution in [-0.4, -0.2) is 25.7 Å². The lowest BCUT2D eigenvalue weighted by molar-refractivity contribution is 0.195. The summed E-state index contributed by atoms with van der Waals surface area (Å²) < 4.78 is 0. The van der Waals surface area contributed by atoms with Crippen LogP contribution >= 0.6 is 11.3 Å². The monoisotopic (exact) mass is 276 g/mol. The van der Waals surface area contributed by atoms with Gasteiger partial charge in [-0.2, -0.15) is 0 Å². The van der Waals surface area contributed by atoms with Crippen LogP contribution in [0.2, 0.25) is 0 Å². The second-order valence-corrected chi connectivity index (χ2v) is 5.79. The van der Waals surface area contributed by atoms with Crippen molar-refractivity contribution in [2.24, 2.45) is 0 Å². The van der Waals surface area contributed by atoms with Gasteiger partial charge in [0.25, 0.3) is 0 Å². The highest BCUT2D eigenvalue weighted by Crippen LogP contribution is 2.24. The molecule has 2 N–H and O–H groups in total. The largest absolute Gasteiger partial charge is 0.386 e. The molecule has 0 aliphatic carbocycles. The van der Waals surface area contributed by atoms with Gasteiger partial charge in [0.05, 0.1) is 0 Å². The first-order chi connectivity index (χ1) is 9.08. The molecule has 0 amide bonds. The predicted octanol–water partition coefficient (Wildman–Crippen LogP) is 3.27. The van der Waals surface area contributed by atoms with E-state index in [1.165, 1.54) is 11.3 Å². The molecule has 0 spiro atoms. The van der Waals surface area contributed by atoms with Crippen molar-refractivity contribution in [2.45, 2.75) is 13.0 Å². The van der Waals surface area contributed by atoms with Gasteiger partial charge in [-0.15, -0.1) is 11.3 Å². The van der Waals surface area contributed by atoms with Crippen LogP contribution in [0.5, 0.6) is 0 Å². The molecule has 0 saturated heterocycles. The fourth-order valence-electron chi connectivity index (χ4n) is 2.00. The van der Waals surface area contributed by atoms with Gasteiger partial charge in [0, 0.05) is 36.9 Å². The highest BCUT2D eigenvalue weighted by Gasteiger charge is 2.08. The number of thiophene rings is 1. The zero-order chi connectivity index (χ0) is 13.8. The molecule has 0 radical (unpaired) electrons. The Morgan fingerprint density at radius 1 is 1.32 bits per heavy atom. The van der Waals surface area contributed by atoms with Crippen molar-refractivity contribution in [3.63, 3.8) is 0 Å². The number of nitrogens with one attached hydrogen (secondary N) is 1. The Bertz CT molecular complexity index is 523. The molecule has 3 nitrogen and oxygen atoms in total. The molecule has 2 rings (SSSR count). The lowest BCUT2D eigenvalue weighted by atomic mass is 10.1. The Morgan fingerprint density at radius 3 is 2.74 bits per heavy atom. The van der Waals surface area contributed by atoms with Gasteiger partial charge in [0.1, 0.15) is 6.10 Å². The standard InChI is InChI=1S/C15H20N2OS/c1-11-6-7-12(9-13(11)17(2)3)16-10-14(18)15-5-4-8-19-15/h4-9,14,16,18H,10H2,1-3H3. The highest BCUT2D eigenvalue weighted by molar-refractivity contribution is 7.10. The Kier molecular flexibility index (Phi) is 4.45. The van der Waals surface area contributed by atoms with Crippen molar-refractivity contribution in [3.05, 3.63) is 46.2 Å². The van der Waals surface area contributed by atoms with E-state index >= 15 is 0 Å². The van der Waals surface area contributed by atoms with Crippen LogP contribution in [0.3, 0.4) is 0 Å². The zero-order valence-corrected chi connectivity index (χ0v) is 12.4. The maximum atomic E-state index is 10.0. The second kappa shape index (κ2) is 6.08. The maximum absolute atomic E-state index is 10.0. The van der Waals surface area contributed by atoms with Crippen molar-refractivity contribution < 1.29 is 5.11 Å². The van der Waals surface area contributed by atoms with E-state index in [1.54, 1.807) is 11.3 Å². The lowest BCUT2D eigenvalue weighted by Gasteiger charge is -2.18. The number of hydrogen-bond acceptors (Lipinski definition) is 4. The average Bonchev–Trinajstić information content (AvgIpc) is 2.91. The number of anilines is 2. The summed E-state index contributed by atoms with van der Waals surface area (Å²) in [5.74, 6) is 0. The lowest BCUT2D eigenvalue weighted by Crippen LogP contribution is -2.13. The van der Waals surface area contributed by atoms with Gasteiger partial charge in [-0.25, -0.2) is 0 Å². The third-order valence-corrected chi connectivity index (χ3v) is 4.04. The van der Waals surface area contributed by atoms with Crippen molar-refractivity contribution in [1.29, 1.82) is 0 Å². The van der Waals surface area contributed by atoms with Crippen molar-refractivity contribution in [2.75, 3.05) is 30.9 Å². The molecule has 1 aromatic carbocycles. The van der Waals surface area contributed by atoms with Crippen LogP contribution in [0.4, 0.5) is 11.4 Å². The number of nitrogens with zero attached hydrogens (tertiary/aromatic N) is 1. The summed E-state index contributed by atoms with van der Waals surface area (Å²) in [6.07, 6.45) is -0.455. The molecule has 1 aromatic heterocycles. The highest BCUT2D eigenvalue weighted by atomic mass is 32.1. The zero-order valence-electron chi connectivity index (χ0n) is 11.6. The summed E-state index contributed by atoms with van der Waals surface area (Å²) in [7, 11) is 4.07. The first kappa shape index (κ1) is 13.9. The van der Waals surface area contributed by atoms with E-state index in [-0.39, 0.29) is 0 Å². The van der Waals surface area contributed by atoms with Crippen LogP contribution in [-0.2, 0) is 0 Å². The molecule has 0 bridgehead atoms. The van der Waals surface area contributed by atoms with Gasteiger partial charge in [0.2, 0.25) is 0 Å². The molecular weight excluding hydrogens is 256 g/mol. The van der Waals surface area contributed by atoms with Crippen molar-refractivity contribution >= 4 is 22.7 Å². The van der Waals surface area contributed by atoms with Gasteiger partial charge in [-0.05, 0) is 36.1 Å². The van der Waals surface area contributed by atoms with Gasteiger partial charge < -0.3 is 15.3 Å². The third-order valence-electron chi connectivity index (χ3n) is 3.06. The predicted molar refractivity (Wildman–Crippen MR) is 83.3 cm³/mol. The molecule has 0 saturated carbocycles. The fourth-order valence-corrected chi connectivity index (χ4v) is 2.71. The van der Waals surface area contributed by atoms with Gasteiger partial charge in [-0.1, -0.05) is 12.1 Å². The summed E-state index contributed by atoms with van der Waals surface area (Å²) in [6.45, 7) is 2.62. The minimum atomic E-state index is -0.455. The molecule has 1 unspecified atom stereocenters. The number of aliphatic hydroxyl groups is 1. The minimum Gasteiger partial charge on any atom is -0.386 e. The van der Waals surface area contributed by atoms with Gasteiger partial charge >= 0.3 is 0 Å². The quantitative estimate of drug-likeness (QED) is 0.880. The number of aryl methyl sites for hydroxylation is 1. The van der Waals surface area contributed by atoms with Crippen LogP contribution in [0, 0.1) is 6.92 Å². The van der Waals surface area contributed by atoms with E-state index in [9.17, 15) is 5.11 Å². The Balaban J connectivity index is 2.02. The summed E-state index contributed by atoms with van der Waals surface area (Å²) in [6, 6.07) is 10.2. The fraction of sp³-hybridized carbons (Fsp3) is 0.333. The van der Waals surface area contributed by atoms with Crippen molar-refractivity contribution in [1.82, 2.24) is 0 Å². The molecule has 2 aromatic rings. The SMILES string of the molecule is Cc1ccc(NCC(O)c2cccs2)cc1N(C)C. The number of aliphatic hydroxyl groups excluding tert-OH is 1. The molecule has 4 heteroatoms. The van der Waals surface area contributed by atoms with Crippen LogP contribution < -0.4 is 10.2 Å². The second-order valence-electron chi connectivity index (χ2n) is 4.81. The van der Waals surface area contributed by atoms with E-state index in [4.69, 9.17) is 0 Å². The summed E-state index contributed by atoms with van der Waals surface area (Å²) in [5, 5.41) is 15.3. The molecule has 0 fully saturated rings. The van der Waals surface area contributed by atoms with Crippen LogP contribution in [0.25, 0.3) is 0 Å². The number of rotatable bonds is 5. The normalized spacial score (nSPS) is 12.2. The van der Waals surface area contributed by atoms with Crippen LogP contribution in [0.15, 0.2) is 35.7 Å². The maximum Gasteiger partial charge on any atom is 0.105 e. The average molecular weight is 276 g/mol. The molecule has 0 aliphatic rings. The Labute approximate surface area is 118 Å². The molecule has 102 valence electrons. The molecule has 1 heterocycles. The van der Waals surface area contributed by atoms with E-state index in [0.717, 1.165) is 10.6 Å². The smallest absolute Gasteiger partial charge is 0.105 e. The van der Waals surface area contributed by atoms with Crippen LogP contribution in [0.1, 0.15) is 16.5 Å². The van der Waals surface area contributed by atoms with E-state index in [0.29, 0.717) is 6.54 Å². The Morgan fingerprint density at radius 2 is 2.11 bits per heavy atom. The van der Waals surface area contributed by atoms with Gasteiger partial charge in [0.15, 0.2) is 0 Å². The Hall–Kier alpha value is -1.52. The van der Waals surface area contributed by atoms with Crippen molar-refractivity contribution in [3.8, 4) is 0 Å². The summed E-state index contributed by atoms with van der Waals surface area (Å²) >= 11 is 1.58. The summed E-state index contributed by atoms with van der Waals surface area (Å²) in [5.41, 5.74) is 3.47. The number of benzene rings is 1. The van der Waals surface area contributed by atoms with E-state index in [2.05, 4.69) is 29.3 Å². The molecular formula is C15H20N2OS. The molecule has 19 heavy (non-hydrogen) atoms. The third kappa shape index (κ3) is 3.49. The van der Waals surface area contributed by atoms with E-state index in [1.807, 2.05) is 37.7 Å². The summed E-state index contributed by atoms with van der Waals surface area (Å²) in [4.78, 5) is 3.09. The topological polar surface area (TPSA) is 35.5 Å². The van der Waals surface area contributed by atoms with E-state index < -0.39 is 6.10 Å². The minimum absolute atomic E-state index is 0.455. The first-order valence-corrected chi connectivity index (χ1v) is 7.19. The van der Waals surface area contributed by atoms with Gasteiger partial charge in [-0.3, -0.25) is 0 Å². The first-order valence-electron chi connectivity index (χ1n) is 6.31. The molecule has 1 atom stereocenters. The number of hydrogen-bond donors (Lipinski definition) is 2. The molecule has 0 aliphatic heterocycles.